The molecule has 0 bridgehead atoms. The monoisotopic (exact) mass is 323 g/mol. The molecule has 1 amide bonds. The minimum atomic E-state index is -3.16. The summed E-state index contributed by atoms with van der Waals surface area (Å²) in [5, 5.41) is 0.462. The van der Waals surface area contributed by atoms with Gasteiger partial charge in [-0.25, -0.2) is 8.42 Å². The van der Waals surface area contributed by atoms with Crippen LogP contribution in [-0.2, 0) is 9.84 Å². The van der Waals surface area contributed by atoms with Gasteiger partial charge in [-0.2, -0.15) is 0 Å². The molecular formula is C12H15Cl2NO3S. The molecule has 0 radical (unpaired) electrons. The van der Waals surface area contributed by atoms with Crippen molar-refractivity contribution in [3.63, 3.8) is 0 Å². The van der Waals surface area contributed by atoms with Crippen molar-refractivity contribution in [3.8, 4) is 0 Å². The summed E-state index contributed by atoms with van der Waals surface area (Å²) in [6, 6.07) is 4.31. The number of hydrogen-bond donors (Lipinski definition) is 0. The molecule has 0 saturated heterocycles. The van der Waals surface area contributed by atoms with E-state index in [-0.39, 0.29) is 27.3 Å². The second-order valence-corrected chi connectivity index (χ2v) is 7.43. The maximum atomic E-state index is 12.2. The fraction of sp³-hybridized carbons (Fsp3) is 0.417. The standard InChI is InChI=1S/C12H15Cl2NO3S/c1-8(7-19(3,17)18)15(2)12(16)9-5-4-6-10(13)11(9)14/h4-6,8H,7H2,1-3H3. The van der Waals surface area contributed by atoms with Crippen molar-refractivity contribution >= 4 is 38.9 Å². The van der Waals surface area contributed by atoms with Crippen molar-refractivity contribution in [1.82, 2.24) is 4.90 Å². The molecule has 19 heavy (non-hydrogen) atoms. The number of hydrogen-bond acceptors (Lipinski definition) is 3. The first-order valence-electron chi connectivity index (χ1n) is 5.52. The quantitative estimate of drug-likeness (QED) is 0.855. The molecule has 0 saturated carbocycles. The Kier molecular flexibility index (Phi) is 5.24. The molecule has 0 spiro atoms. The molecule has 7 heteroatoms. The van der Waals surface area contributed by atoms with Gasteiger partial charge in [0.2, 0.25) is 0 Å². The Hall–Kier alpha value is -0.780. The van der Waals surface area contributed by atoms with Crippen LogP contribution in [0.5, 0.6) is 0 Å². The van der Waals surface area contributed by atoms with Crippen LogP contribution in [0.3, 0.4) is 0 Å². The Labute approximate surface area is 123 Å². The van der Waals surface area contributed by atoms with Crippen molar-refractivity contribution in [2.24, 2.45) is 0 Å². The van der Waals surface area contributed by atoms with Crippen LogP contribution in [0.1, 0.15) is 17.3 Å². The summed E-state index contributed by atoms with van der Waals surface area (Å²) in [5.74, 6) is -0.461. The molecule has 0 aliphatic heterocycles. The van der Waals surface area contributed by atoms with Crippen LogP contribution in [0.25, 0.3) is 0 Å². The lowest BCUT2D eigenvalue weighted by Crippen LogP contribution is -2.39. The summed E-state index contributed by atoms with van der Waals surface area (Å²) in [4.78, 5) is 13.6. The first-order chi connectivity index (χ1) is 8.63. The zero-order chi connectivity index (χ0) is 14.8. The molecule has 1 aromatic carbocycles. The molecule has 106 valence electrons. The minimum absolute atomic E-state index is 0.104. The van der Waals surface area contributed by atoms with Crippen LogP contribution in [0.2, 0.25) is 10.0 Å². The van der Waals surface area contributed by atoms with Crippen molar-refractivity contribution in [1.29, 1.82) is 0 Å². The van der Waals surface area contributed by atoms with E-state index in [1.807, 2.05) is 0 Å². The zero-order valence-electron chi connectivity index (χ0n) is 10.9. The topological polar surface area (TPSA) is 54.5 Å². The molecule has 1 atom stereocenters. The molecular weight excluding hydrogens is 309 g/mol. The molecule has 4 nitrogen and oxygen atoms in total. The molecule has 0 aliphatic rings. The van der Waals surface area contributed by atoms with E-state index in [9.17, 15) is 13.2 Å². The van der Waals surface area contributed by atoms with Crippen LogP contribution >= 0.6 is 23.2 Å². The van der Waals surface area contributed by atoms with E-state index < -0.39 is 15.9 Å². The van der Waals surface area contributed by atoms with Crippen molar-refractivity contribution in [3.05, 3.63) is 33.8 Å². The van der Waals surface area contributed by atoms with Gasteiger partial charge in [0.05, 0.1) is 21.4 Å². The van der Waals surface area contributed by atoms with E-state index in [1.165, 1.54) is 11.9 Å². The highest BCUT2D eigenvalue weighted by molar-refractivity contribution is 7.90. The number of benzene rings is 1. The van der Waals surface area contributed by atoms with Crippen LogP contribution < -0.4 is 0 Å². The van der Waals surface area contributed by atoms with Crippen molar-refractivity contribution in [2.75, 3.05) is 19.1 Å². The number of halogens is 2. The van der Waals surface area contributed by atoms with Gasteiger partial charge in [0.1, 0.15) is 9.84 Å². The van der Waals surface area contributed by atoms with E-state index in [0.29, 0.717) is 0 Å². The highest BCUT2D eigenvalue weighted by atomic mass is 35.5. The average Bonchev–Trinajstić information content (AvgIpc) is 2.28. The van der Waals surface area contributed by atoms with Crippen LogP contribution in [0, 0.1) is 0 Å². The number of sulfone groups is 1. The summed E-state index contributed by atoms with van der Waals surface area (Å²) in [5.41, 5.74) is 0.261. The lowest BCUT2D eigenvalue weighted by molar-refractivity contribution is 0.0757. The zero-order valence-corrected chi connectivity index (χ0v) is 13.2. The first-order valence-corrected chi connectivity index (χ1v) is 8.34. The Balaban J connectivity index is 2.97. The summed E-state index contributed by atoms with van der Waals surface area (Å²) >= 11 is 11.8. The molecule has 0 heterocycles. The van der Waals surface area contributed by atoms with E-state index >= 15 is 0 Å². The molecule has 1 aromatic rings. The normalized spacial score (nSPS) is 13.1. The summed E-state index contributed by atoms with van der Waals surface area (Å²) < 4.78 is 22.5. The van der Waals surface area contributed by atoms with Crippen LogP contribution in [-0.4, -0.2) is 44.3 Å². The molecule has 1 unspecified atom stereocenters. The lowest BCUT2D eigenvalue weighted by atomic mass is 10.2. The fourth-order valence-corrected chi connectivity index (χ4v) is 3.09. The summed E-state index contributed by atoms with van der Waals surface area (Å²) in [6.07, 6.45) is 1.13. The molecule has 0 N–H and O–H groups in total. The van der Waals surface area contributed by atoms with E-state index in [2.05, 4.69) is 0 Å². The predicted octanol–water partition coefficient (Wildman–Crippen LogP) is 2.50. The van der Waals surface area contributed by atoms with Gasteiger partial charge in [0.15, 0.2) is 0 Å². The van der Waals surface area contributed by atoms with E-state index in [1.54, 1.807) is 25.1 Å². The van der Waals surface area contributed by atoms with Gasteiger partial charge in [-0.1, -0.05) is 29.3 Å². The Morgan fingerprint density at radius 1 is 1.37 bits per heavy atom. The molecule has 0 aromatic heterocycles. The third-order valence-electron chi connectivity index (χ3n) is 2.71. The Bertz CT molecular complexity index is 587. The number of nitrogens with zero attached hydrogens (tertiary/aromatic N) is 1. The maximum Gasteiger partial charge on any atom is 0.255 e. The largest absolute Gasteiger partial charge is 0.338 e. The number of carbonyl (C=O) groups excluding carboxylic acids is 1. The number of amides is 1. The van der Waals surface area contributed by atoms with Gasteiger partial charge in [0.25, 0.3) is 5.91 Å². The molecule has 0 fully saturated rings. The minimum Gasteiger partial charge on any atom is -0.338 e. The maximum absolute atomic E-state index is 12.2. The average molecular weight is 324 g/mol. The van der Waals surface area contributed by atoms with Gasteiger partial charge in [-0.3, -0.25) is 4.79 Å². The third-order valence-corrected chi connectivity index (χ3v) is 4.61. The lowest BCUT2D eigenvalue weighted by Gasteiger charge is -2.24. The van der Waals surface area contributed by atoms with Crippen LogP contribution in [0.4, 0.5) is 0 Å². The van der Waals surface area contributed by atoms with Gasteiger partial charge >= 0.3 is 0 Å². The third kappa shape index (κ3) is 4.37. The smallest absolute Gasteiger partial charge is 0.255 e. The summed E-state index contributed by atoms with van der Waals surface area (Å²) in [6.45, 7) is 1.66. The molecule has 1 rings (SSSR count). The predicted molar refractivity (Wildman–Crippen MR) is 77.7 cm³/mol. The first kappa shape index (κ1) is 16.3. The number of rotatable bonds is 4. The van der Waals surface area contributed by atoms with Gasteiger partial charge in [-0.05, 0) is 19.1 Å². The second kappa shape index (κ2) is 6.11. The second-order valence-electron chi connectivity index (χ2n) is 4.46. The van der Waals surface area contributed by atoms with E-state index in [0.717, 1.165) is 6.26 Å². The van der Waals surface area contributed by atoms with E-state index in [4.69, 9.17) is 23.2 Å². The Morgan fingerprint density at radius 3 is 2.47 bits per heavy atom. The molecule has 0 aliphatic carbocycles. The van der Waals surface area contributed by atoms with Gasteiger partial charge < -0.3 is 4.90 Å². The van der Waals surface area contributed by atoms with Crippen LogP contribution in [0.15, 0.2) is 18.2 Å². The fourth-order valence-electron chi connectivity index (χ4n) is 1.61. The Morgan fingerprint density at radius 2 is 1.95 bits per heavy atom. The highest BCUT2D eigenvalue weighted by Crippen LogP contribution is 2.26. The number of carbonyl (C=O) groups is 1. The summed E-state index contributed by atoms with van der Waals surface area (Å²) in [7, 11) is -1.62. The van der Waals surface area contributed by atoms with Gasteiger partial charge in [0, 0.05) is 19.3 Å². The van der Waals surface area contributed by atoms with Crippen molar-refractivity contribution in [2.45, 2.75) is 13.0 Å². The van der Waals surface area contributed by atoms with Gasteiger partial charge in [-0.15, -0.1) is 0 Å². The SMILES string of the molecule is CC(CS(C)(=O)=O)N(C)C(=O)c1cccc(Cl)c1Cl. The highest BCUT2D eigenvalue weighted by Gasteiger charge is 2.23. The van der Waals surface area contributed by atoms with Crippen molar-refractivity contribution < 1.29 is 13.2 Å².